The van der Waals surface area contributed by atoms with Crippen LogP contribution in [0.25, 0.3) is 11.0 Å². The summed E-state index contributed by atoms with van der Waals surface area (Å²) < 4.78 is 0. The molecular weight excluding hydrogens is 242 g/mol. The Morgan fingerprint density at radius 1 is 1.58 bits per heavy atom. The molecule has 2 unspecified atom stereocenters. The Morgan fingerprint density at radius 2 is 2.42 bits per heavy atom. The van der Waals surface area contributed by atoms with E-state index >= 15 is 0 Å². The van der Waals surface area contributed by atoms with Crippen LogP contribution in [0, 0.1) is 0 Å². The van der Waals surface area contributed by atoms with Crippen molar-refractivity contribution < 1.29 is 4.79 Å². The SMILES string of the molecule is CC(CN)N1CC(c2ccc3nc[nH]c3c2)NC1=O. The number of benzene rings is 1. The molecule has 2 aromatic rings. The number of nitrogens with one attached hydrogen (secondary N) is 2. The Kier molecular flexibility index (Phi) is 2.87. The van der Waals surface area contributed by atoms with Crippen LogP contribution in [0.3, 0.4) is 0 Å². The molecule has 1 aromatic heterocycles. The van der Waals surface area contributed by atoms with Crippen molar-refractivity contribution in [2.45, 2.75) is 19.0 Å². The maximum atomic E-state index is 11.9. The Bertz CT molecular complexity index is 608. The van der Waals surface area contributed by atoms with Crippen LogP contribution in [0.5, 0.6) is 0 Å². The summed E-state index contributed by atoms with van der Waals surface area (Å²) in [5.41, 5.74) is 8.62. The molecule has 0 saturated carbocycles. The first-order valence-corrected chi connectivity index (χ1v) is 6.39. The zero-order valence-corrected chi connectivity index (χ0v) is 10.8. The van der Waals surface area contributed by atoms with Crippen molar-refractivity contribution in [3.8, 4) is 0 Å². The molecule has 2 atom stereocenters. The van der Waals surface area contributed by atoms with Crippen LogP contribution in [-0.4, -0.2) is 40.0 Å². The van der Waals surface area contributed by atoms with E-state index in [1.807, 2.05) is 25.1 Å². The summed E-state index contributed by atoms with van der Waals surface area (Å²) >= 11 is 0. The van der Waals surface area contributed by atoms with Gasteiger partial charge in [0.2, 0.25) is 0 Å². The number of hydrogen-bond donors (Lipinski definition) is 3. The molecule has 1 fully saturated rings. The molecule has 0 spiro atoms. The lowest BCUT2D eigenvalue weighted by Crippen LogP contribution is -2.40. The average Bonchev–Trinajstić information content (AvgIpc) is 3.03. The molecule has 4 N–H and O–H groups in total. The molecule has 6 nitrogen and oxygen atoms in total. The van der Waals surface area contributed by atoms with Crippen molar-refractivity contribution >= 4 is 17.1 Å². The lowest BCUT2D eigenvalue weighted by Gasteiger charge is -2.21. The molecule has 0 radical (unpaired) electrons. The number of carbonyl (C=O) groups is 1. The first-order valence-electron chi connectivity index (χ1n) is 6.39. The van der Waals surface area contributed by atoms with Crippen LogP contribution < -0.4 is 11.1 Å². The number of fused-ring (bicyclic) bond motifs is 1. The fourth-order valence-electron chi connectivity index (χ4n) is 2.42. The molecule has 100 valence electrons. The van der Waals surface area contributed by atoms with Gasteiger partial charge in [0.25, 0.3) is 0 Å². The van der Waals surface area contributed by atoms with Crippen molar-refractivity contribution in [3.05, 3.63) is 30.1 Å². The minimum Gasteiger partial charge on any atom is -0.345 e. The Morgan fingerprint density at radius 3 is 3.21 bits per heavy atom. The van der Waals surface area contributed by atoms with Crippen molar-refractivity contribution in [1.82, 2.24) is 20.2 Å². The second-order valence-electron chi connectivity index (χ2n) is 4.92. The summed E-state index contributed by atoms with van der Waals surface area (Å²) in [5, 5.41) is 2.99. The summed E-state index contributed by atoms with van der Waals surface area (Å²) in [6, 6.07) is 6.01. The Balaban J connectivity index is 1.85. The third-order valence-corrected chi connectivity index (χ3v) is 3.66. The third kappa shape index (κ3) is 2.04. The number of nitrogens with zero attached hydrogens (tertiary/aromatic N) is 2. The highest BCUT2D eigenvalue weighted by Crippen LogP contribution is 2.24. The van der Waals surface area contributed by atoms with E-state index in [0.717, 1.165) is 16.6 Å². The number of aromatic nitrogens is 2. The van der Waals surface area contributed by atoms with Gasteiger partial charge in [-0.3, -0.25) is 0 Å². The van der Waals surface area contributed by atoms with Crippen LogP contribution >= 0.6 is 0 Å². The van der Waals surface area contributed by atoms with Crippen LogP contribution in [-0.2, 0) is 0 Å². The standard InChI is InChI=1S/C13H17N5O/c1-8(5-14)18-6-12(17-13(18)19)9-2-3-10-11(4-9)16-7-15-10/h2-4,7-8,12H,5-6,14H2,1H3,(H,15,16)(H,17,19). The zero-order valence-electron chi connectivity index (χ0n) is 10.8. The summed E-state index contributed by atoms with van der Waals surface area (Å²) in [5.74, 6) is 0. The molecule has 0 aliphatic carbocycles. The lowest BCUT2D eigenvalue weighted by atomic mass is 10.1. The number of hydrogen-bond acceptors (Lipinski definition) is 3. The number of carbonyl (C=O) groups excluding carboxylic acids is 1. The van der Waals surface area contributed by atoms with Gasteiger partial charge >= 0.3 is 6.03 Å². The highest BCUT2D eigenvalue weighted by molar-refractivity contribution is 5.79. The highest BCUT2D eigenvalue weighted by atomic mass is 16.2. The Hall–Kier alpha value is -2.08. The molecule has 1 aliphatic rings. The molecular formula is C13H17N5O. The first-order chi connectivity index (χ1) is 9.19. The summed E-state index contributed by atoms with van der Waals surface area (Å²) in [6.07, 6.45) is 1.67. The molecule has 1 aromatic carbocycles. The van der Waals surface area contributed by atoms with E-state index in [1.54, 1.807) is 11.2 Å². The minimum atomic E-state index is -0.0485. The predicted octanol–water partition coefficient (Wildman–Crippen LogP) is 0.976. The van der Waals surface area contributed by atoms with Crippen LogP contribution in [0.1, 0.15) is 18.5 Å². The fraction of sp³-hybridized carbons (Fsp3) is 0.385. The topological polar surface area (TPSA) is 87.0 Å². The van der Waals surface area contributed by atoms with Crippen molar-refractivity contribution in [1.29, 1.82) is 0 Å². The molecule has 0 bridgehead atoms. The first kappa shape index (κ1) is 12.0. The number of imidazole rings is 1. The quantitative estimate of drug-likeness (QED) is 0.767. The van der Waals surface area contributed by atoms with E-state index in [2.05, 4.69) is 15.3 Å². The predicted molar refractivity (Wildman–Crippen MR) is 72.6 cm³/mol. The smallest absolute Gasteiger partial charge is 0.318 e. The minimum absolute atomic E-state index is 0.00852. The number of rotatable bonds is 3. The highest BCUT2D eigenvalue weighted by Gasteiger charge is 2.32. The van der Waals surface area contributed by atoms with Gasteiger partial charge < -0.3 is 20.9 Å². The van der Waals surface area contributed by atoms with Gasteiger partial charge in [0.05, 0.1) is 23.4 Å². The van der Waals surface area contributed by atoms with E-state index in [0.29, 0.717) is 13.1 Å². The maximum absolute atomic E-state index is 11.9. The van der Waals surface area contributed by atoms with Gasteiger partial charge in [-0.05, 0) is 24.6 Å². The van der Waals surface area contributed by atoms with Gasteiger partial charge in [-0.15, -0.1) is 0 Å². The third-order valence-electron chi connectivity index (χ3n) is 3.66. The van der Waals surface area contributed by atoms with Gasteiger partial charge in [-0.1, -0.05) is 6.07 Å². The van der Waals surface area contributed by atoms with E-state index < -0.39 is 0 Å². The number of H-pyrrole nitrogens is 1. The van der Waals surface area contributed by atoms with Gasteiger partial charge in [0.1, 0.15) is 0 Å². The number of aromatic amines is 1. The largest absolute Gasteiger partial charge is 0.345 e. The molecule has 6 heteroatoms. The van der Waals surface area contributed by atoms with Crippen molar-refractivity contribution in [2.75, 3.05) is 13.1 Å². The number of amides is 2. The molecule has 2 amide bonds. The second kappa shape index (κ2) is 4.55. The van der Waals surface area contributed by atoms with Crippen LogP contribution in [0.2, 0.25) is 0 Å². The van der Waals surface area contributed by atoms with E-state index in [9.17, 15) is 4.79 Å². The fourth-order valence-corrected chi connectivity index (χ4v) is 2.42. The van der Waals surface area contributed by atoms with Crippen molar-refractivity contribution in [2.24, 2.45) is 5.73 Å². The normalized spacial score (nSPS) is 20.8. The number of urea groups is 1. The van der Waals surface area contributed by atoms with Gasteiger partial charge in [-0.2, -0.15) is 0 Å². The summed E-state index contributed by atoms with van der Waals surface area (Å²) in [6.45, 7) is 3.08. The molecule has 3 rings (SSSR count). The lowest BCUT2D eigenvalue weighted by molar-refractivity contribution is 0.203. The maximum Gasteiger partial charge on any atom is 0.318 e. The second-order valence-corrected chi connectivity index (χ2v) is 4.92. The van der Waals surface area contributed by atoms with Crippen LogP contribution in [0.15, 0.2) is 24.5 Å². The van der Waals surface area contributed by atoms with Gasteiger partial charge in [0, 0.05) is 19.1 Å². The Labute approximate surface area is 111 Å². The zero-order chi connectivity index (χ0) is 13.4. The molecule has 1 saturated heterocycles. The number of nitrogens with two attached hydrogens (primary N) is 1. The molecule has 19 heavy (non-hydrogen) atoms. The molecule has 1 aliphatic heterocycles. The average molecular weight is 259 g/mol. The van der Waals surface area contributed by atoms with Crippen molar-refractivity contribution in [3.63, 3.8) is 0 Å². The summed E-state index contributed by atoms with van der Waals surface area (Å²) in [4.78, 5) is 21.0. The van der Waals surface area contributed by atoms with E-state index in [4.69, 9.17) is 5.73 Å². The monoisotopic (exact) mass is 259 g/mol. The van der Waals surface area contributed by atoms with Crippen LogP contribution in [0.4, 0.5) is 4.79 Å². The molecule has 2 heterocycles. The van der Waals surface area contributed by atoms with Gasteiger partial charge in [0.15, 0.2) is 0 Å². The van der Waals surface area contributed by atoms with E-state index in [-0.39, 0.29) is 18.1 Å². The summed E-state index contributed by atoms with van der Waals surface area (Å²) in [7, 11) is 0. The van der Waals surface area contributed by atoms with E-state index in [1.165, 1.54) is 0 Å². The van der Waals surface area contributed by atoms with Gasteiger partial charge in [-0.25, -0.2) is 9.78 Å².